The molecule has 1 heterocycles. The Morgan fingerprint density at radius 3 is 2.39 bits per heavy atom. The summed E-state index contributed by atoms with van der Waals surface area (Å²) in [6, 6.07) is 18.3. The Bertz CT molecular complexity index is 1910. The first kappa shape index (κ1) is 31.2. The minimum atomic E-state index is -4.47. The SMILES string of the molecule is C[C@H](c1ccc(F)cc1CCC(=O)NCCc1c[nH]c2ccccc12)N(c1cc(F)ccc1F)S(=O)(=O)c1ccc(Cl)cc1. The van der Waals surface area contributed by atoms with E-state index >= 15 is 4.39 Å². The molecule has 0 spiro atoms. The van der Waals surface area contributed by atoms with Gasteiger partial charge in [-0.05, 0) is 91.1 Å². The van der Waals surface area contributed by atoms with Crippen molar-refractivity contribution < 1.29 is 26.4 Å². The van der Waals surface area contributed by atoms with E-state index in [0.29, 0.717) is 29.1 Å². The van der Waals surface area contributed by atoms with E-state index in [-0.39, 0.29) is 23.6 Å². The fraction of sp³-hybridized carbons (Fsp3) is 0.182. The number of carbonyl (C=O) groups excluding carboxylic acids is 1. The summed E-state index contributed by atoms with van der Waals surface area (Å²) in [5.74, 6) is -2.66. The first-order valence-electron chi connectivity index (χ1n) is 13.9. The number of hydrogen-bond acceptors (Lipinski definition) is 3. The Morgan fingerprint density at radius 1 is 0.909 bits per heavy atom. The number of nitrogens with zero attached hydrogens (tertiary/aromatic N) is 1. The first-order chi connectivity index (χ1) is 21.0. The minimum absolute atomic E-state index is 0.00464. The lowest BCUT2D eigenvalue weighted by molar-refractivity contribution is -0.121. The molecule has 1 atom stereocenters. The molecule has 0 radical (unpaired) electrons. The van der Waals surface area contributed by atoms with Crippen LogP contribution in [0.25, 0.3) is 10.9 Å². The topological polar surface area (TPSA) is 82.3 Å². The average Bonchev–Trinajstić information content (AvgIpc) is 3.41. The summed E-state index contributed by atoms with van der Waals surface area (Å²) in [5, 5.41) is 4.25. The van der Waals surface area contributed by atoms with Gasteiger partial charge in [0, 0.05) is 41.2 Å². The number of carbonyl (C=O) groups is 1. The molecule has 5 rings (SSSR count). The number of aromatic nitrogens is 1. The van der Waals surface area contributed by atoms with Gasteiger partial charge in [-0.2, -0.15) is 0 Å². The van der Waals surface area contributed by atoms with E-state index in [0.717, 1.165) is 45.0 Å². The molecule has 44 heavy (non-hydrogen) atoms. The molecule has 5 aromatic rings. The van der Waals surface area contributed by atoms with Crippen LogP contribution in [0, 0.1) is 17.5 Å². The number of rotatable bonds is 11. The lowest BCUT2D eigenvalue weighted by Crippen LogP contribution is -2.35. The van der Waals surface area contributed by atoms with Crippen LogP contribution in [0.2, 0.25) is 5.02 Å². The number of anilines is 1. The Morgan fingerprint density at radius 2 is 1.61 bits per heavy atom. The summed E-state index contributed by atoms with van der Waals surface area (Å²) in [6.07, 6.45) is 2.59. The van der Waals surface area contributed by atoms with E-state index in [9.17, 15) is 22.0 Å². The molecule has 0 bridgehead atoms. The number of benzene rings is 4. The number of aromatic amines is 1. The number of amides is 1. The Hall–Kier alpha value is -4.28. The molecule has 1 amide bonds. The number of aryl methyl sites for hydroxylation is 1. The van der Waals surface area contributed by atoms with Gasteiger partial charge in [0.15, 0.2) is 0 Å². The van der Waals surface area contributed by atoms with Gasteiger partial charge in [-0.1, -0.05) is 35.9 Å². The number of fused-ring (bicyclic) bond motifs is 1. The third-order valence-electron chi connectivity index (χ3n) is 7.44. The van der Waals surface area contributed by atoms with E-state index in [2.05, 4.69) is 10.3 Å². The summed E-state index contributed by atoms with van der Waals surface area (Å²) in [5.41, 5.74) is 2.25. The van der Waals surface area contributed by atoms with E-state index in [1.54, 1.807) is 0 Å². The number of hydrogen-bond donors (Lipinski definition) is 2. The van der Waals surface area contributed by atoms with Crippen LogP contribution < -0.4 is 9.62 Å². The van der Waals surface area contributed by atoms with Gasteiger partial charge in [-0.25, -0.2) is 21.6 Å². The zero-order valence-corrected chi connectivity index (χ0v) is 25.2. The van der Waals surface area contributed by atoms with Gasteiger partial charge in [-0.15, -0.1) is 0 Å². The maximum atomic E-state index is 15.1. The number of sulfonamides is 1. The lowest BCUT2D eigenvalue weighted by Gasteiger charge is -2.32. The molecular weight excluding hydrogens is 611 g/mol. The smallest absolute Gasteiger partial charge is 0.264 e. The molecule has 228 valence electrons. The second kappa shape index (κ2) is 13.2. The molecule has 0 saturated carbocycles. The van der Waals surface area contributed by atoms with Crippen LogP contribution in [0.3, 0.4) is 0 Å². The van der Waals surface area contributed by atoms with E-state index < -0.39 is 39.2 Å². The van der Waals surface area contributed by atoms with Crippen molar-refractivity contribution >= 4 is 44.1 Å². The lowest BCUT2D eigenvalue weighted by atomic mass is 9.97. The fourth-order valence-corrected chi connectivity index (χ4v) is 7.02. The molecule has 0 aliphatic heterocycles. The average molecular weight is 640 g/mol. The van der Waals surface area contributed by atoms with Crippen molar-refractivity contribution in [2.45, 2.75) is 37.1 Å². The van der Waals surface area contributed by atoms with Crippen LogP contribution in [0.15, 0.2) is 96.0 Å². The van der Waals surface area contributed by atoms with Crippen LogP contribution in [0.5, 0.6) is 0 Å². The largest absolute Gasteiger partial charge is 0.361 e. The second-order valence-corrected chi connectivity index (χ2v) is 12.6. The number of nitrogens with one attached hydrogen (secondary N) is 2. The minimum Gasteiger partial charge on any atom is -0.361 e. The molecule has 0 saturated heterocycles. The summed E-state index contributed by atoms with van der Waals surface area (Å²) in [7, 11) is -4.47. The van der Waals surface area contributed by atoms with E-state index in [1.165, 1.54) is 43.3 Å². The van der Waals surface area contributed by atoms with Gasteiger partial charge in [0.25, 0.3) is 10.0 Å². The van der Waals surface area contributed by atoms with Crippen molar-refractivity contribution in [3.05, 3.63) is 130 Å². The molecular formula is C33H29ClF3N3O3S. The van der Waals surface area contributed by atoms with E-state index in [1.807, 2.05) is 30.5 Å². The Labute approximate surface area is 258 Å². The molecule has 1 aromatic heterocycles. The standard InChI is InChI=1S/C33H29ClF3N3O3S/c1-21(40(32-19-26(36)10-14-30(32)37)44(42,43)27-11-7-24(34)8-12-27)28-13-9-25(35)18-22(28)6-15-33(41)38-17-16-23-20-39-31-5-3-2-4-29(23)31/h2-5,7-14,18-21,39H,6,15-17H2,1H3,(H,38,41)/t21-/m1/s1. The van der Waals surface area contributed by atoms with Gasteiger partial charge >= 0.3 is 0 Å². The Kier molecular flexibility index (Phi) is 9.31. The molecule has 0 aliphatic rings. The molecule has 2 N–H and O–H groups in total. The predicted octanol–water partition coefficient (Wildman–Crippen LogP) is 7.49. The summed E-state index contributed by atoms with van der Waals surface area (Å²) in [6.45, 7) is 1.88. The van der Waals surface area contributed by atoms with Gasteiger partial charge in [0.2, 0.25) is 5.91 Å². The van der Waals surface area contributed by atoms with Crippen molar-refractivity contribution in [1.82, 2.24) is 10.3 Å². The van der Waals surface area contributed by atoms with Crippen LogP contribution in [-0.2, 0) is 27.7 Å². The maximum Gasteiger partial charge on any atom is 0.264 e. The fourth-order valence-electron chi connectivity index (χ4n) is 5.26. The van der Waals surface area contributed by atoms with Crippen molar-refractivity contribution in [3.63, 3.8) is 0 Å². The summed E-state index contributed by atoms with van der Waals surface area (Å²) < 4.78 is 72.5. The highest BCUT2D eigenvalue weighted by atomic mass is 35.5. The van der Waals surface area contributed by atoms with Gasteiger partial charge in [0.05, 0.1) is 16.6 Å². The summed E-state index contributed by atoms with van der Waals surface area (Å²) in [4.78, 5) is 15.8. The first-order valence-corrected chi connectivity index (χ1v) is 15.7. The molecule has 0 unspecified atom stereocenters. The van der Waals surface area contributed by atoms with Gasteiger partial charge in [-0.3, -0.25) is 9.10 Å². The van der Waals surface area contributed by atoms with E-state index in [4.69, 9.17) is 11.6 Å². The van der Waals surface area contributed by atoms with Gasteiger partial charge in [0.1, 0.15) is 17.5 Å². The zero-order valence-electron chi connectivity index (χ0n) is 23.7. The van der Waals surface area contributed by atoms with Crippen molar-refractivity contribution in [2.75, 3.05) is 10.8 Å². The van der Waals surface area contributed by atoms with Crippen molar-refractivity contribution in [1.29, 1.82) is 0 Å². The third kappa shape index (κ3) is 6.76. The number of halogens is 4. The molecule has 0 fully saturated rings. The Balaban J connectivity index is 1.38. The van der Waals surface area contributed by atoms with Gasteiger partial charge < -0.3 is 10.3 Å². The highest BCUT2D eigenvalue weighted by Gasteiger charge is 2.33. The third-order valence-corrected chi connectivity index (χ3v) is 9.59. The molecule has 0 aliphatic carbocycles. The van der Waals surface area contributed by atoms with Crippen LogP contribution in [-0.4, -0.2) is 25.9 Å². The second-order valence-electron chi connectivity index (χ2n) is 10.3. The number of para-hydroxylation sites is 1. The quantitative estimate of drug-likeness (QED) is 0.157. The molecule has 11 heteroatoms. The number of H-pyrrole nitrogens is 1. The maximum absolute atomic E-state index is 15.1. The highest BCUT2D eigenvalue weighted by Crippen LogP contribution is 2.37. The van der Waals surface area contributed by atoms with Crippen molar-refractivity contribution in [2.24, 2.45) is 0 Å². The van der Waals surface area contributed by atoms with Crippen molar-refractivity contribution in [3.8, 4) is 0 Å². The van der Waals surface area contributed by atoms with Crippen LogP contribution in [0.4, 0.5) is 18.9 Å². The predicted molar refractivity (Wildman–Crippen MR) is 166 cm³/mol. The summed E-state index contributed by atoms with van der Waals surface area (Å²) >= 11 is 5.95. The zero-order chi connectivity index (χ0) is 31.4. The van der Waals surface area contributed by atoms with Crippen LogP contribution in [0.1, 0.15) is 36.1 Å². The monoisotopic (exact) mass is 639 g/mol. The highest BCUT2D eigenvalue weighted by molar-refractivity contribution is 7.92. The molecule has 6 nitrogen and oxygen atoms in total. The molecule has 4 aromatic carbocycles. The van der Waals surface area contributed by atoms with Crippen LogP contribution >= 0.6 is 11.6 Å². The normalized spacial score (nSPS) is 12.3.